The van der Waals surface area contributed by atoms with E-state index in [-0.39, 0.29) is 10.8 Å². The molecule has 1 aliphatic rings. The summed E-state index contributed by atoms with van der Waals surface area (Å²) in [6.07, 6.45) is 2.17. The molecular formula is C8H8ClN3O2. The van der Waals surface area contributed by atoms with Crippen LogP contribution in [0.2, 0.25) is 5.15 Å². The Morgan fingerprint density at radius 2 is 2.29 bits per heavy atom. The van der Waals surface area contributed by atoms with Gasteiger partial charge in [-0.2, -0.15) is 0 Å². The SMILES string of the molecule is O=[N+]([O-])c1cc(Cl)nc(NC2CC2)c1. The van der Waals surface area contributed by atoms with Crippen LogP contribution >= 0.6 is 11.6 Å². The van der Waals surface area contributed by atoms with Gasteiger partial charge in [0.1, 0.15) is 11.0 Å². The second-order valence-corrected chi connectivity index (χ2v) is 3.60. The van der Waals surface area contributed by atoms with Crippen molar-refractivity contribution >= 4 is 23.1 Å². The summed E-state index contributed by atoms with van der Waals surface area (Å²) in [5, 5.41) is 13.7. The Hall–Kier alpha value is -1.36. The zero-order valence-corrected chi connectivity index (χ0v) is 7.99. The first-order valence-corrected chi connectivity index (χ1v) is 4.61. The number of hydrogen-bond donors (Lipinski definition) is 1. The van der Waals surface area contributed by atoms with Crippen molar-refractivity contribution in [3.8, 4) is 0 Å². The predicted octanol–water partition coefficient (Wildman–Crippen LogP) is 2.22. The summed E-state index contributed by atoms with van der Waals surface area (Å²) in [7, 11) is 0. The normalized spacial score (nSPS) is 15.2. The number of nitrogens with one attached hydrogen (secondary N) is 1. The molecule has 0 bridgehead atoms. The topological polar surface area (TPSA) is 68.1 Å². The number of rotatable bonds is 3. The van der Waals surface area contributed by atoms with Crippen LogP contribution in [-0.4, -0.2) is 15.9 Å². The van der Waals surface area contributed by atoms with E-state index in [2.05, 4.69) is 10.3 Å². The van der Waals surface area contributed by atoms with Crippen LogP contribution in [0.25, 0.3) is 0 Å². The second-order valence-electron chi connectivity index (χ2n) is 3.21. The molecule has 5 nitrogen and oxygen atoms in total. The van der Waals surface area contributed by atoms with Crippen molar-refractivity contribution in [1.29, 1.82) is 0 Å². The summed E-state index contributed by atoms with van der Waals surface area (Å²) in [4.78, 5) is 14.0. The Balaban J connectivity index is 2.25. The smallest absolute Gasteiger partial charge is 0.276 e. The molecule has 2 rings (SSSR count). The highest BCUT2D eigenvalue weighted by Gasteiger charge is 2.22. The molecule has 14 heavy (non-hydrogen) atoms. The summed E-state index contributed by atoms with van der Waals surface area (Å²) >= 11 is 5.64. The lowest BCUT2D eigenvalue weighted by Crippen LogP contribution is -2.03. The van der Waals surface area contributed by atoms with Crippen LogP contribution in [0, 0.1) is 10.1 Å². The van der Waals surface area contributed by atoms with E-state index in [1.807, 2.05) is 0 Å². The van der Waals surface area contributed by atoms with Crippen molar-refractivity contribution in [1.82, 2.24) is 4.98 Å². The molecule has 1 aromatic rings. The molecule has 0 amide bonds. The van der Waals surface area contributed by atoms with E-state index in [9.17, 15) is 10.1 Å². The lowest BCUT2D eigenvalue weighted by Gasteiger charge is -2.02. The third kappa shape index (κ3) is 2.11. The van der Waals surface area contributed by atoms with Crippen molar-refractivity contribution in [2.45, 2.75) is 18.9 Å². The van der Waals surface area contributed by atoms with Crippen LogP contribution in [0.1, 0.15) is 12.8 Å². The molecule has 1 N–H and O–H groups in total. The number of hydrogen-bond acceptors (Lipinski definition) is 4. The molecule has 1 heterocycles. The van der Waals surface area contributed by atoms with Crippen LogP contribution in [-0.2, 0) is 0 Å². The van der Waals surface area contributed by atoms with Crippen LogP contribution in [0.3, 0.4) is 0 Å². The predicted molar refractivity (Wildman–Crippen MR) is 52.5 cm³/mol. The molecule has 1 aromatic heterocycles. The first-order chi connectivity index (χ1) is 6.65. The minimum Gasteiger partial charge on any atom is -0.367 e. The molecule has 1 saturated carbocycles. The largest absolute Gasteiger partial charge is 0.367 e. The molecule has 0 aromatic carbocycles. The van der Waals surface area contributed by atoms with E-state index < -0.39 is 4.92 Å². The molecule has 6 heteroatoms. The highest BCUT2D eigenvalue weighted by atomic mass is 35.5. The number of aromatic nitrogens is 1. The number of anilines is 1. The molecular weight excluding hydrogens is 206 g/mol. The summed E-state index contributed by atoms with van der Waals surface area (Å²) < 4.78 is 0. The van der Waals surface area contributed by atoms with Crippen LogP contribution in [0.5, 0.6) is 0 Å². The van der Waals surface area contributed by atoms with Crippen molar-refractivity contribution in [2.24, 2.45) is 0 Å². The number of nitro groups is 1. The van der Waals surface area contributed by atoms with Gasteiger partial charge in [-0.15, -0.1) is 0 Å². The molecule has 1 fully saturated rings. The fourth-order valence-electron chi connectivity index (χ4n) is 1.10. The van der Waals surface area contributed by atoms with Crippen molar-refractivity contribution in [3.05, 3.63) is 27.4 Å². The molecule has 0 spiro atoms. The van der Waals surface area contributed by atoms with Gasteiger partial charge in [0.2, 0.25) is 0 Å². The highest BCUT2D eigenvalue weighted by molar-refractivity contribution is 6.29. The third-order valence-corrected chi connectivity index (χ3v) is 2.11. The molecule has 0 atom stereocenters. The molecule has 74 valence electrons. The second kappa shape index (κ2) is 3.42. The lowest BCUT2D eigenvalue weighted by molar-refractivity contribution is -0.384. The Kier molecular flexibility index (Phi) is 2.25. The summed E-state index contributed by atoms with van der Waals surface area (Å²) in [5.74, 6) is 0.478. The van der Waals surface area contributed by atoms with Gasteiger partial charge in [-0.25, -0.2) is 4.98 Å². The van der Waals surface area contributed by atoms with Gasteiger partial charge in [0.15, 0.2) is 0 Å². The van der Waals surface area contributed by atoms with Gasteiger partial charge < -0.3 is 5.32 Å². The number of nitrogens with zero attached hydrogens (tertiary/aromatic N) is 2. The van der Waals surface area contributed by atoms with Crippen LogP contribution in [0.15, 0.2) is 12.1 Å². The minimum atomic E-state index is -0.481. The van der Waals surface area contributed by atoms with Gasteiger partial charge in [0.05, 0.1) is 17.1 Å². The van der Waals surface area contributed by atoms with E-state index in [0.717, 1.165) is 12.8 Å². The third-order valence-electron chi connectivity index (χ3n) is 1.92. The Labute approximate surface area is 85.2 Å². The number of pyridine rings is 1. The first kappa shape index (κ1) is 9.21. The zero-order valence-electron chi connectivity index (χ0n) is 7.24. The van der Waals surface area contributed by atoms with E-state index in [4.69, 9.17) is 11.6 Å². The molecule has 0 aliphatic heterocycles. The van der Waals surface area contributed by atoms with Gasteiger partial charge in [-0.05, 0) is 12.8 Å². The van der Waals surface area contributed by atoms with E-state index in [1.165, 1.54) is 12.1 Å². The van der Waals surface area contributed by atoms with Crippen LogP contribution < -0.4 is 5.32 Å². The molecule has 0 unspecified atom stereocenters. The van der Waals surface area contributed by atoms with Gasteiger partial charge in [-0.3, -0.25) is 10.1 Å². The summed E-state index contributed by atoms with van der Waals surface area (Å²) in [6.45, 7) is 0. The minimum absolute atomic E-state index is 0.0341. The maximum atomic E-state index is 10.5. The standard InChI is InChI=1S/C8H8ClN3O2/c9-7-3-6(12(13)14)4-8(11-7)10-5-1-2-5/h3-5H,1-2H2,(H,10,11). The Bertz CT molecular complexity index is 379. The van der Waals surface area contributed by atoms with E-state index >= 15 is 0 Å². The maximum Gasteiger partial charge on any atom is 0.276 e. The molecule has 1 aliphatic carbocycles. The zero-order chi connectivity index (χ0) is 10.1. The Morgan fingerprint density at radius 1 is 1.57 bits per heavy atom. The van der Waals surface area contributed by atoms with Crippen molar-refractivity contribution < 1.29 is 4.92 Å². The average molecular weight is 214 g/mol. The van der Waals surface area contributed by atoms with Crippen molar-refractivity contribution in [2.75, 3.05) is 5.32 Å². The molecule has 0 saturated heterocycles. The quantitative estimate of drug-likeness (QED) is 0.475. The average Bonchev–Trinajstić information content (AvgIpc) is 2.87. The summed E-state index contributed by atoms with van der Waals surface area (Å²) in [5.41, 5.74) is -0.0341. The lowest BCUT2D eigenvalue weighted by atomic mass is 10.4. The highest BCUT2D eigenvalue weighted by Crippen LogP contribution is 2.26. The van der Waals surface area contributed by atoms with E-state index in [0.29, 0.717) is 11.9 Å². The van der Waals surface area contributed by atoms with Gasteiger partial charge in [-0.1, -0.05) is 11.6 Å². The van der Waals surface area contributed by atoms with E-state index in [1.54, 1.807) is 0 Å². The van der Waals surface area contributed by atoms with Gasteiger partial charge in [0.25, 0.3) is 5.69 Å². The van der Waals surface area contributed by atoms with Crippen molar-refractivity contribution in [3.63, 3.8) is 0 Å². The maximum absolute atomic E-state index is 10.5. The fraction of sp³-hybridized carbons (Fsp3) is 0.375. The monoisotopic (exact) mass is 213 g/mol. The molecule has 0 radical (unpaired) electrons. The van der Waals surface area contributed by atoms with Gasteiger partial charge >= 0.3 is 0 Å². The fourth-order valence-corrected chi connectivity index (χ4v) is 1.30. The number of halogens is 1. The first-order valence-electron chi connectivity index (χ1n) is 4.23. The van der Waals surface area contributed by atoms with Gasteiger partial charge in [0, 0.05) is 6.04 Å². The summed E-state index contributed by atoms with van der Waals surface area (Å²) in [6, 6.07) is 3.03. The Morgan fingerprint density at radius 3 is 2.86 bits per heavy atom. The van der Waals surface area contributed by atoms with Crippen LogP contribution in [0.4, 0.5) is 11.5 Å².